The SMILES string of the molecule is COc1ccc(C(O)(C(F)(F)F)C(F)(F)F)cc1CN[C@H]1CCCN[C@H]1c1ccccc1.Cl.Cl. The second-order valence-electron chi connectivity index (χ2n) is 7.70. The van der Waals surface area contributed by atoms with Gasteiger partial charge in [0.05, 0.1) is 7.11 Å². The predicted octanol–water partition coefficient (Wildman–Crippen LogP) is 5.43. The first-order valence-corrected chi connectivity index (χ1v) is 10.0. The van der Waals surface area contributed by atoms with Crippen LogP contribution >= 0.6 is 24.8 Å². The molecule has 1 saturated heterocycles. The molecular weight excluding hydrogens is 509 g/mol. The van der Waals surface area contributed by atoms with Crippen LogP contribution < -0.4 is 15.4 Å². The van der Waals surface area contributed by atoms with Crippen LogP contribution in [0.4, 0.5) is 26.3 Å². The average Bonchev–Trinajstić information content (AvgIpc) is 2.76. The molecule has 0 bridgehead atoms. The van der Waals surface area contributed by atoms with Gasteiger partial charge in [-0.15, -0.1) is 24.8 Å². The van der Waals surface area contributed by atoms with E-state index in [-0.39, 0.29) is 54.8 Å². The van der Waals surface area contributed by atoms with Crippen LogP contribution in [-0.4, -0.2) is 37.2 Å². The first-order chi connectivity index (χ1) is 15.0. The maximum Gasteiger partial charge on any atom is 0.430 e. The van der Waals surface area contributed by atoms with Crippen LogP contribution in [0.2, 0.25) is 0 Å². The van der Waals surface area contributed by atoms with Crippen LogP contribution in [0.1, 0.15) is 35.6 Å². The first kappa shape index (κ1) is 30.3. The van der Waals surface area contributed by atoms with E-state index in [1.165, 1.54) is 7.11 Å². The molecule has 0 saturated carbocycles. The van der Waals surface area contributed by atoms with Gasteiger partial charge in [0.1, 0.15) is 5.75 Å². The molecule has 12 heteroatoms. The van der Waals surface area contributed by atoms with E-state index in [0.29, 0.717) is 12.1 Å². The Hall–Kier alpha value is -1.72. The van der Waals surface area contributed by atoms with Crippen molar-refractivity contribution >= 4 is 24.8 Å². The van der Waals surface area contributed by atoms with Gasteiger partial charge in [0.25, 0.3) is 5.60 Å². The maximum absolute atomic E-state index is 13.3. The number of aliphatic hydroxyl groups is 1. The number of rotatable bonds is 6. The molecule has 0 radical (unpaired) electrons. The van der Waals surface area contributed by atoms with Crippen molar-refractivity contribution in [1.82, 2.24) is 10.6 Å². The van der Waals surface area contributed by atoms with Crippen molar-refractivity contribution in [3.8, 4) is 5.75 Å². The van der Waals surface area contributed by atoms with E-state index < -0.39 is 23.5 Å². The molecule has 34 heavy (non-hydrogen) atoms. The van der Waals surface area contributed by atoms with Gasteiger partial charge in [-0.05, 0) is 37.1 Å². The Morgan fingerprint density at radius 2 is 1.62 bits per heavy atom. The number of hydrogen-bond donors (Lipinski definition) is 3. The van der Waals surface area contributed by atoms with Gasteiger partial charge in [0, 0.05) is 29.8 Å². The molecule has 1 heterocycles. The summed E-state index contributed by atoms with van der Waals surface area (Å²) in [4.78, 5) is 0. The molecule has 1 fully saturated rings. The lowest BCUT2D eigenvalue weighted by Crippen LogP contribution is -2.54. The highest BCUT2D eigenvalue weighted by atomic mass is 35.5. The van der Waals surface area contributed by atoms with Crippen LogP contribution in [0.15, 0.2) is 48.5 Å². The van der Waals surface area contributed by atoms with Gasteiger partial charge < -0.3 is 20.5 Å². The Kier molecular flexibility index (Phi) is 10.5. The minimum atomic E-state index is -5.95. The topological polar surface area (TPSA) is 53.5 Å². The van der Waals surface area contributed by atoms with Gasteiger partial charge in [0.15, 0.2) is 0 Å². The average molecular weight is 535 g/mol. The van der Waals surface area contributed by atoms with E-state index in [0.717, 1.165) is 31.0 Å². The summed E-state index contributed by atoms with van der Waals surface area (Å²) in [5.74, 6) is 0.118. The number of methoxy groups -OCH3 is 1. The molecule has 3 N–H and O–H groups in total. The molecular formula is C22H26Cl2F6N2O2. The maximum atomic E-state index is 13.3. The molecule has 4 nitrogen and oxygen atoms in total. The van der Waals surface area contributed by atoms with Crippen LogP contribution in [0, 0.1) is 0 Å². The zero-order chi connectivity index (χ0) is 23.6. The van der Waals surface area contributed by atoms with Gasteiger partial charge in [-0.2, -0.15) is 26.3 Å². The number of hydrogen-bond acceptors (Lipinski definition) is 4. The van der Waals surface area contributed by atoms with Crippen molar-refractivity contribution in [2.75, 3.05) is 13.7 Å². The summed E-state index contributed by atoms with van der Waals surface area (Å²) in [6, 6.07) is 11.7. The van der Waals surface area contributed by atoms with Crippen LogP contribution in [-0.2, 0) is 12.1 Å². The number of alkyl halides is 6. The summed E-state index contributed by atoms with van der Waals surface area (Å²) in [7, 11) is 1.27. The minimum absolute atomic E-state index is 0. The standard InChI is InChI=1S/C22H24F6N2O2.2ClH/c1-32-18-10-9-16(20(31,21(23,24)25)22(26,27)28)12-15(18)13-30-17-8-5-11-29-19(17)14-6-3-2-4-7-14;;/h2-4,6-7,9-10,12,17,19,29-31H,5,8,11,13H2,1H3;2*1H/t17-,19-;;/m0../s1. The normalized spacial score (nSPS) is 19.1. The summed E-state index contributed by atoms with van der Waals surface area (Å²) in [6.45, 7) is 0.749. The van der Waals surface area contributed by atoms with Gasteiger partial charge >= 0.3 is 12.4 Å². The molecule has 2 atom stereocenters. The quantitative estimate of drug-likeness (QED) is 0.432. The van der Waals surface area contributed by atoms with Crippen LogP contribution in [0.5, 0.6) is 5.75 Å². The van der Waals surface area contributed by atoms with Crippen LogP contribution in [0.3, 0.4) is 0 Å². The molecule has 0 unspecified atom stereocenters. The lowest BCUT2D eigenvalue weighted by molar-refractivity contribution is -0.376. The molecule has 0 amide bonds. The fourth-order valence-electron chi connectivity index (χ4n) is 3.99. The fraction of sp³-hybridized carbons (Fsp3) is 0.455. The molecule has 2 aromatic rings. The van der Waals surface area contributed by atoms with Crippen molar-refractivity contribution < 1.29 is 36.2 Å². The molecule has 0 aromatic heterocycles. The highest BCUT2D eigenvalue weighted by Gasteiger charge is 2.71. The van der Waals surface area contributed by atoms with E-state index in [1.54, 1.807) is 0 Å². The van der Waals surface area contributed by atoms with E-state index >= 15 is 0 Å². The van der Waals surface area contributed by atoms with E-state index in [2.05, 4.69) is 10.6 Å². The zero-order valence-corrected chi connectivity index (χ0v) is 19.7. The number of benzene rings is 2. The second kappa shape index (κ2) is 11.8. The predicted molar refractivity (Wildman–Crippen MR) is 121 cm³/mol. The Morgan fingerprint density at radius 1 is 1.00 bits per heavy atom. The first-order valence-electron chi connectivity index (χ1n) is 10.0. The third-order valence-corrected chi connectivity index (χ3v) is 5.69. The Bertz CT molecular complexity index is 899. The molecule has 0 aliphatic carbocycles. The van der Waals surface area contributed by atoms with E-state index in [9.17, 15) is 31.4 Å². The number of nitrogens with one attached hydrogen (secondary N) is 2. The Balaban J connectivity index is 0.00000289. The third kappa shape index (κ3) is 6.09. The van der Waals surface area contributed by atoms with Crippen molar-refractivity contribution in [3.05, 3.63) is 65.2 Å². The molecule has 0 spiro atoms. The van der Waals surface area contributed by atoms with Crippen molar-refractivity contribution in [3.63, 3.8) is 0 Å². The minimum Gasteiger partial charge on any atom is -0.496 e. The summed E-state index contributed by atoms with van der Waals surface area (Å²) in [6.07, 6.45) is -10.3. The van der Waals surface area contributed by atoms with Crippen molar-refractivity contribution in [2.45, 2.75) is 49.4 Å². The van der Waals surface area contributed by atoms with E-state index in [4.69, 9.17) is 4.74 Å². The van der Waals surface area contributed by atoms with Gasteiger partial charge in [-0.1, -0.05) is 36.4 Å². The largest absolute Gasteiger partial charge is 0.496 e. The smallest absolute Gasteiger partial charge is 0.430 e. The Labute approximate surface area is 205 Å². The third-order valence-electron chi connectivity index (χ3n) is 5.69. The number of halogens is 8. The number of piperidine rings is 1. The van der Waals surface area contributed by atoms with Crippen molar-refractivity contribution in [2.24, 2.45) is 0 Å². The molecule has 3 rings (SSSR count). The van der Waals surface area contributed by atoms with Crippen LogP contribution in [0.25, 0.3) is 0 Å². The lowest BCUT2D eigenvalue weighted by atomic mass is 9.90. The Morgan fingerprint density at radius 3 is 2.18 bits per heavy atom. The number of ether oxygens (including phenoxy) is 1. The monoisotopic (exact) mass is 534 g/mol. The summed E-state index contributed by atoms with van der Waals surface area (Å²) in [5, 5.41) is 16.4. The summed E-state index contributed by atoms with van der Waals surface area (Å²) in [5.41, 5.74) is -5.19. The molecule has 1 aliphatic rings. The van der Waals surface area contributed by atoms with E-state index in [1.807, 2.05) is 30.3 Å². The molecule has 2 aromatic carbocycles. The van der Waals surface area contributed by atoms with Crippen molar-refractivity contribution in [1.29, 1.82) is 0 Å². The molecule has 192 valence electrons. The fourth-order valence-corrected chi connectivity index (χ4v) is 3.99. The van der Waals surface area contributed by atoms with Gasteiger partial charge in [-0.25, -0.2) is 0 Å². The van der Waals surface area contributed by atoms with Gasteiger partial charge in [-0.3, -0.25) is 0 Å². The molecule has 1 aliphatic heterocycles. The summed E-state index contributed by atoms with van der Waals surface area (Å²) < 4.78 is 84.9. The lowest BCUT2D eigenvalue weighted by Gasteiger charge is -2.34. The zero-order valence-electron chi connectivity index (χ0n) is 18.0. The van der Waals surface area contributed by atoms with Gasteiger partial charge in [0.2, 0.25) is 0 Å². The second-order valence-corrected chi connectivity index (χ2v) is 7.70. The highest BCUT2D eigenvalue weighted by Crippen LogP contribution is 2.50. The summed E-state index contributed by atoms with van der Waals surface area (Å²) >= 11 is 0. The highest BCUT2D eigenvalue weighted by molar-refractivity contribution is 5.85.